The lowest BCUT2D eigenvalue weighted by molar-refractivity contribution is -0.104. The van der Waals surface area contributed by atoms with Gasteiger partial charge in [-0.05, 0) is 50.7 Å². The third kappa shape index (κ3) is 1.93. The molecule has 0 amide bonds. The molecule has 1 aromatic rings. The summed E-state index contributed by atoms with van der Waals surface area (Å²) in [5.41, 5.74) is 7.25. The van der Waals surface area contributed by atoms with Crippen molar-refractivity contribution < 1.29 is 5.41 Å². The molecule has 0 heterocycles. The molecule has 0 fully saturated rings. The summed E-state index contributed by atoms with van der Waals surface area (Å²) in [7, 11) is 0. The largest absolute Gasteiger partial charge is 0.397 e. The van der Waals surface area contributed by atoms with Crippen LogP contribution in [0.5, 0.6) is 0 Å². The minimum absolute atomic E-state index is 0.688. The number of nitrogens with two attached hydrogens (primary N) is 2. The highest BCUT2D eigenvalue weighted by Crippen LogP contribution is 2.24. The van der Waals surface area contributed by atoms with Gasteiger partial charge in [0, 0.05) is 8.04 Å². The number of benzene rings is 1. The Balaban J connectivity index is 3.35. The van der Waals surface area contributed by atoms with Crippen molar-refractivity contribution in [3.05, 3.63) is 25.7 Å². The zero-order chi connectivity index (χ0) is 8.43. The summed E-state index contributed by atoms with van der Waals surface area (Å²) >= 11 is 5.54. The highest BCUT2D eigenvalue weighted by atomic mass is 127. The van der Waals surface area contributed by atoms with Crippen LogP contribution in [0.25, 0.3) is 0 Å². The Bertz CT molecular complexity index is 299. The van der Waals surface area contributed by atoms with E-state index in [1.807, 2.05) is 12.1 Å². The number of hydrogen-bond donors (Lipinski definition) is 2. The van der Waals surface area contributed by atoms with E-state index < -0.39 is 0 Å². The van der Waals surface area contributed by atoms with Gasteiger partial charge in [0.2, 0.25) is 0 Å². The molecule has 58 valence electrons. The van der Waals surface area contributed by atoms with E-state index in [4.69, 9.17) is 11.1 Å². The fourth-order valence-corrected chi connectivity index (χ4v) is 2.29. The summed E-state index contributed by atoms with van der Waals surface area (Å²) in [4.78, 5) is 0. The highest BCUT2D eigenvalue weighted by molar-refractivity contribution is 14.1. The molecule has 0 radical (unpaired) electrons. The van der Waals surface area contributed by atoms with E-state index in [2.05, 4.69) is 38.5 Å². The Morgan fingerprint density at radius 3 is 2.73 bits per heavy atom. The third-order valence-electron chi connectivity index (χ3n) is 1.31. The Hall–Kier alpha value is -0.100. The first-order valence-electron chi connectivity index (χ1n) is 2.94. The van der Waals surface area contributed by atoms with Gasteiger partial charge in [0.25, 0.3) is 0 Å². The molecule has 0 atom stereocenters. The van der Waals surface area contributed by atoms with Crippen LogP contribution in [0, 0.1) is 3.57 Å². The predicted molar refractivity (Wildman–Crippen MR) is 58.4 cm³/mol. The number of halogens is 2. The number of anilines is 1. The van der Waals surface area contributed by atoms with Gasteiger partial charge in [-0.25, -0.2) is 0 Å². The average Bonchev–Trinajstić information content (AvgIpc) is 1.96. The van der Waals surface area contributed by atoms with Gasteiger partial charge >= 0.3 is 0 Å². The van der Waals surface area contributed by atoms with E-state index in [-0.39, 0.29) is 0 Å². The van der Waals surface area contributed by atoms with Gasteiger partial charge in [-0.1, -0.05) is 0 Å². The lowest BCUT2D eigenvalue weighted by Gasteiger charge is -2.00. The summed E-state index contributed by atoms with van der Waals surface area (Å²) in [6.07, 6.45) is 1.50. The van der Waals surface area contributed by atoms with Crippen LogP contribution in [0.15, 0.2) is 16.6 Å². The number of rotatable bonds is 1. The van der Waals surface area contributed by atoms with Gasteiger partial charge in [0.05, 0.1) is 11.3 Å². The number of nitrogen functional groups attached to an aromatic ring is 1. The van der Waals surface area contributed by atoms with Crippen molar-refractivity contribution in [2.24, 2.45) is 0 Å². The van der Waals surface area contributed by atoms with Crippen LogP contribution in [0.1, 0.15) is 5.56 Å². The van der Waals surface area contributed by atoms with Crippen molar-refractivity contribution in [3.63, 3.8) is 0 Å². The lowest BCUT2D eigenvalue weighted by atomic mass is 10.2. The Morgan fingerprint density at radius 1 is 1.55 bits per heavy atom. The van der Waals surface area contributed by atoms with Crippen molar-refractivity contribution in [2.75, 3.05) is 5.73 Å². The van der Waals surface area contributed by atoms with Crippen LogP contribution in [-0.4, -0.2) is 6.21 Å². The molecule has 0 aliphatic rings. The maximum atomic E-state index is 5.70. The van der Waals surface area contributed by atoms with Crippen molar-refractivity contribution in [3.8, 4) is 0 Å². The monoisotopic (exact) mass is 325 g/mol. The summed E-state index contributed by atoms with van der Waals surface area (Å²) in [5.74, 6) is 0. The molecule has 0 aromatic heterocycles. The van der Waals surface area contributed by atoms with Crippen molar-refractivity contribution in [1.82, 2.24) is 0 Å². The second kappa shape index (κ2) is 3.53. The third-order valence-corrected chi connectivity index (χ3v) is 2.58. The minimum Gasteiger partial charge on any atom is -0.397 e. The molecular weight excluding hydrogens is 319 g/mol. The molecule has 1 rings (SSSR count). The molecule has 0 aliphatic heterocycles. The van der Waals surface area contributed by atoms with Crippen LogP contribution in [0.2, 0.25) is 0 Å². The zero-order valence-corrected chi connectivity index (χ0v) is 9.39. The van der Waals surface area contributed by atoms with Crippen molar-refractivity contribution in [1.29, 1.82) is 0 Å². The second-order valence-electron chi connectivity index (χ2n) is 2.06. The molecule has 11 heavy (non-hydrogen) atoms. The standard InChI is InChI=1S/C7H6BrIN2/c8-6-2-5(9)1-4(3-10)7(6)11/h1-3,10H,11H2/p+1. The van der Waals surface area contributed by atoms with E-state index in [0.717, 1.165) is 13.6 Å². The molecule has 4 heteroatoms. The lowest BCUT2D eigenvalue weighted by Crippen LogP contribution is -2.30. The molecule has 0 bridgehead atoms. The average molecular weight is 326 g/mol. The minimum atomic E-state index is 0.688. The molecule has 4 N–H and O–H groups in total. The van der Waals surface area contributed by atoms with E-state index in [0.29, 0.717) is 5.69 Å². The first-order chi connectivity index (χ1) is 5.15. The van der Waals surface area contributed by atoms with Gasteiger partial charge in [0.1, 0.15) is 0 Å². The van der Waals surface area contributed by atoms with Crippen LogP contribution in [0.3, 0.4) is 0 Å². The van der Waals surface area contributed by atoms with Crippen LogP contribution in [0.4, 0.5) is 5.69 Å². The maximum absolute atomic E-state index is 5.70. The maximum Gasteiger partial charge on any atom is 0.169 e. The fourth-order valence-electron chi connectivity index (χ4n) is 0.743. The summed E-state index contributed by atoms with van der Waals surface area (Å²) in [6, 6.07) is 3.88. The molecule has 1 aromatic carbocycles. The van der Waals surface area contributed by atoms with E-state index in [9.17, 15) is 0 Å². The SMILES string of the molecule is Nc1c(Br)cc(I)cc1C=[NH2+]. The van der Waals surface area contributed by atoms with E-state index >= 15 is 0 Å². The fraction of sp³-hybridized carbons (Fsp3) is 0. The van der Waals surface area contributed by atoms with Crippen molar-refractivity contribution in [2.45, 2.75) is 0 Å². The van der Waals surface area contributed by atoms with Gasteiger partial charge in [0.15, 0.2) is 6.21 Å². The molecular formula is C7H7BrIN2+. The first-order valence-corrected chi connectivity index (χ1v) is 4.82. The number of hydrogen-bond acceptors (Lipinski definition) is 1. The van der Waals surface area contributed by atoms with Gasteiger partial charge in [-0.2, -0.15) is 0 Å². The first kappa shape index (κ1) is 8.99. The topological polar surface area (TPSA) is 51.6 Å². The molecule has 0 aliphatic carbocycles. The molecule has 2 nitrogen and oxygen atoms in total. The van der Waals surface area contributed by atoms with Gasteiger partial charge < -0.3 is 5.73 Å². The zero-order valence-electron chi connectivity index (χ0n) is 5.64. The van der Waals surface area contributed by atoms with Gasteiger partial charge in [-0.15, -0.1) is 0 Å². The predicted octanol–water partition coefficient (Wildman–Crippen LogP) is 0.814. The molecule has 0 unspecified atom stereocenters. The van der Waals surface area contributed by atoms with E-state index in [1.54, 1.807) is 0 Å². The Labute approximate surface area is 87.0 Å². The second-order valence-corrected chi connectivity index (χ2v) is 4.16. The Morgan fingerprint density at radius 2 is 2.18 bits per heavy atom. The smallest absolute Gasteiger partial charge is 0.169 e. The van der Waals surface area contributed by atoms with E-state index in [1.165, 1.54) is 6.21 Å². The normalized spacial score (nSPS) is 9.64. The molecule has 0 spiro atoms. The van der Waals surface area contributed by atoms with Crippen LogP contribution >= 0.6 is 38.5 Å². The summed E-state index contributed by atoms with van der Waals surface area (Å²) in [5, 5.41) is 5.36. The summed E-state index contributed by atoms with van der Waals surface area (Å²) in [6.45, 7) is 0. The quantitative estimate of drug-likeness (QED) is 0.448. The molecule has 0 saturated heterocycles. The van der Waals surface area contributed by atoms with Crippen LogP contribution < -0.4 is 11.1 Å². The van der Waals surface area contributed by atoms with Gasteiger partial charge in [-0.3, -0.25) is 5.41 Å². The van der Waals surface area contributed by atoms with Crippen LogP contribution in [-0.2, 0) is 0 Å². The van der Waals surface area contributed by atoms with Crippen molar-refractivity contribution >= 4 is 50.4 Å². The summed E-state index contributed by atoms with van der Waals surface area (Å²) < 4.78 is 2.00. The molecule has 0 saturated carbocycles. The highest BCUT2D eigenvalue weighted by Gasteiger charge is 2.03. The Kier molecular flexibility index (Phi) is 2.89.